The van der Waals surface area contributed by atoms with E-state index >= 15 is 0 Å². The van der Waals surface area contributed by atoms with Crippen LogP contribution in [0.3, 0.4) is 0 Å². The van der Waals surface area contributed by atoms with Crippen LogP contribution >= 0.6 is 0 Å². The number of piperazine rings is 1. The van der Waals surface area contributed by atoms with E-state index in [-0.39, 0.29) is 24.9 Å². The Labute approximate surface area is 226 Å². The average Bonchev–Trinajstić information content (AvgIpc) is 3.72. The Balaban J connectivity index is 1.26. The summed E-state index contributed by atoms with van der Waals surface area (Å²) < 4.78 is 27.4. The zero-order valence-electron chi connectivity index (χ0n) is 22.5. The molecule has 11 nitrogen and oxygen atoms in total. The summed E-state index contributed by atoms with van der Waals surface area (Å²) in [6, 6.07) is 8.21. The Morgan fingerprint density at radius 1 is 1.05 bits per heavy atom. The van der Waals surface area contributed by atoms with Crippen LogP contribution in [0.5, 0.6) is 0 Å². The van der Waals surface area contributed by atoms with E-state index in [2.05, 4.69) is 26.9 Å². The van der Waals surface area contributed by atoms with Gasteiger partial charge in [0.1, 0.15) is 11.5 Å². The first-order valence-corrected chi connectivity index (χ1v) is 13.3. The zero-order valence-corrected chi connectivity index (χ0v) is 22.5. The van der Waals surface area contributed by atoms with E-state index in [4.69, 9.17) is 19.4 Å². The van der Waals surface area contributed by atoms with Crippen molar-refractivity contribution in [1.29, 1.82) is 0 Å². The quantitative estimate of drug-likeness (QED) is 0.470. The van der Waals surface area contributed by atoms with Crippen molar-refractivity contribution in [3.63, 3.8) is 0 Å². The van der Waals surface area contributed by atoms with E-state index in [1.54, 1.807) is 29.1 Å². The molecule has 12 heteroatoms. The summed E-state index contributed by atoms with van der Waals surface area (Å²) in [6.45, 7) is 5.33. The molecule has 1 aromatic carbocycles. The molecule has 0 atom stereocenters. The molecule has 3 aromatic rings. The van der Waals surface area contributed by atoms with E-state index < -0.39 is 11.7 Å². The van der Waals surface area contributed by atoms with Crippen molar-refractivity contribution in [3.8, 4) is 17.2 Å². The topological polar surface area (TPSA) is 102 Å². The van der Waals surface area contributed by atoms with Crippen molar-refractivity contribution < 1.29 is 18.7 Å². The van der Waals surface area contributed by atoms with Crippen LogP contribution < -0.4 is 4.90 Å². The average molecular weight is 537 g/mol. The van der Waals surface area contributed by atoms with Gasteiger partial charge in [-0.2, -0.15) is 0 Å². The van der Waals surface area contributed by atoms with Crippen LogP contribution in [-0.4, -0.2) is 100.0 Å². The van der Waals surface area contributed by atoms with Gasteiger partial charge in [0.05, 0.1) is 24.3 Å². The molecule has 1 aliphatic carbocycles. The summed E-state index contributed by atoms with van der Waals surface area (Å²) >= 11 is 0. The summed E-state index contributed by atoms with van der Waals surface area (Å²) in [4.78, 5) is 33.4. The van der Waals surface area contributed by atoms with Crippen molar-refractivity contribution in [3.05, 3.63) is 48.2 Å². The summed E-state index contributed by atoms with van der Waals surface area (Å²) in [5, 5.41) is 4.68. The van der Waals surface area contributed by atoms with Crippen LogP contribution in [-0.2, 0) is 14.3 Å². The second-order valence-corrected chi connectivity index (χ2v) is 10.9. The van der Waals surface area contributed by atoms with E-state index in [0.717, 1.165) is 25.9 Å². The smallest absolute Gasteiger partial charge is 0.233 e. The minimum atomic E-state index is -0.853. The highest BCUT2D eigenvalue weighted by Gasteiger charge is 2.43. The maximum atomic E-state index is 13.7. The minimum absolute atomic E-state index is 0.0350. The molecule has 0 spiro atoms. The fourth-order valence-electron chi connectivity index (χ4n) is 4.90. The van der Waals surface area contributed by atoms with E-state index in [1.165, 1.54) is 12.1 Å². The molecule has 0 radical (unpaired) electrons. The van der Waals surface area contributed by atoms with Crippen molar-refractivity contribution in [2.24, 2.45) is 5.41 Å². The number of likely N-dealkylation sites (N-methyl/N-ethyl adjacent to an activating group) is 1. The third-order valence-electron chi connectivity index (χ3n) is 7.60. The summed E-state index contributed by atoms with van der Waals surface area (Å²) in [7, 11) is 4.04. The number of hydrogen-bond donors (Lipinski definition) is 0. The van der Waals surface area contributed by atoms with Crippen LogP contribution in [0, 0.1) is 11.2 Å². The SMILES string of the molecule is CN1CCN(C(=O)C2(C)COC(c3nc(-c4ccnc(N(C)C5CC5)n4)n(-c4ccc(F)cc4)n3)OC2)CC1. The van der Waals surface area contributed by atoms with Gasteiger partial charge in [0.25, 0.3) is 0 Å². The van der Waals surface area contributed by atoms with Gasteiger partial charge in [-0.25, -0.2) is 24.0 Å². The van der Waals surface area contributed by atoms with Crippen LogP contribution in [0.2, 0.25) is 0 Å². The molecule has 206 valence electrons. The second kappa shape index (κ2) is 10.2. The Morgan fingerprint density at radius 2 is 1.74 bits per heavy atom. The highest BCUT2D eigenvalue weighted by atomic mass is 19.1. The standard InChI is InChI=1S/C27H33FN8O3/c1-27(25(37)35-14-12-33(2)13-15-35)16-38-24(39-17-27)22-31-23(36(32-22)20-6-4-18(28)5-7-20)21-10-11-29-26(30-21)34(3)19-8-9-19/h4-7,10-11,19,24H,8-9,12-17H2,1-3H3. The lowest BCUT2D eigenvalue weighted by atomic mass is 9.90. The molecule has 1 amide bonds. The number of ether oxygens (including phenoxy) is 2. The molecule has 39 heavy (non-hydrogen) atoms. The number of carbonyl (C=O) groups excluding carboxylic acids is 1. The molecule has 2 aromatic heterocycles. The predicted molar refractivity (Wildman–Crippen MR) is 141 cm³/mol. The summed E-state index contributed by atoms with van der Waals surface area (Å²) in [5.41, 5.74) is 0.400. The Bertz CT molecular complexity index is 1330. The van der Waals surface area contributed by atoms with Crippen LogP contribution in [0.15, 0.2) is 36.5 Å². The number of carbonyl (C=O) groups is 1. The molecule has 0 N–H and O–H groups in total. The molecule has 2 saturated heterocycles. The van der Waals surface area contributed by atoms with Gasteiger partial charge in [-0.05, 0) is 57.1 Å². The number of anilines is 1. The van der Waals surface area contributed by atoms with Crippen molar-refractivity contribution >= 4 is 11.9 Å². The highest BCUT2D eigenvalue weighted by Crippen LogP contribution is 2.34. The fourth-order valence-corrected chi connectivity index (χ4v) is 4.90. The second-order valence-electron chi connectivity index (χ2n) is 10.9. The Kier molecular flexibility index (Phi) is 6.77. The van der Waals surface area contributed by atoms with E-state index in [1.807, 2.05) is 18.9 Å². The molecule has 2 aliphatic heterocycles. The zero-order chi connectivity index (χ0) is 27.1. The third kappa shape index (κ3) is 5.23. The van der Waals surface area contributed by atoms with Gasteiger partial charge in [0, 0.05) is 45.5 Å². The predicted octanol–water partition coefficient (Wildman–Crippen LogP) is 2.29. The first-order valence-electron chi connectivity index (χ1n) is 13.3. The number of rotatable bonds is 6. The lowest BCUT2D eigenvalue weighted by Crippen LogP contribution is -2.55. The van der Waals surface area contributed by atoms with Crippen LogP contribution in [0.1, 0.15) is 31.9 Å². The molecule has 3 fully saturated rings. The summed E-state index contributed by atoms with van der Waals surface area (Å²) in [6.07, 6.45) is 3.08. The number of hydrogen-bond acceptors (Lipinski definition) is 9. The molecule has 6 rings (SSSR count). The largest absolute Gasteiger partial charge is 0.345 e. The molecule has 3 aliphatic rings. The summed E-state index contributed by atoms with van der Waals surface area (Å²) in [5.74, 6) is 1.05. The Hall–Kier alpha value is -3.48. The van der Waals surface area contributed by atoms with E-state index in [0.29, 0.717) is 48.1 Å². The van der Waals surface area contributed by atoms with Gasteiger partial charge in [-0.3, -0.25) is 4.79 Å². The van der Waals surface area contributed by atoms with Gasteiger partial charge >= 0.3 is 0 Å². The molecular formula is C27H33FN8O3. The maximum absolute atomic E-state index is 13.7. The number of benzene rings is 1. The molecule has 0 unspecified atom stereocenters. The third-order valence-corrected chi connectivity index (χ3v) is 7.60. The minimum Gasteiger partial charge on any atom is -0.345 e. The lowest BCUT2D eigenvalue weighted by Gasteiger charge is -2.41. The van der Waals surface area contributed by atoms with Gasteiger partial charge in [-0.1, -0.05) is 0 Å². The lowest BCUT2D eigenvalue weighted by molar-refractivity contribution is -0.234. The van der Waals surface area contributed by atoms with E-state index in [9.17, 15) is 9.18 Å². The molecule has 1 saturated carbocycles. The molecule has 0 bridgehead atoms. The van der Waals surface area contributed by atoms with Crippen molar-refractivity contribution in [1.82, 2.24) is 34.5 Å². The number of halogens is 1. The Morgan fingerprint density at radius 3 is 2.41 bits per heavy atom. The van der Waals surface area contributed by atoms with Crippen LogP contribution in [0.4, 0.5) is 10.3 Å². The number of aromatic nitrogens is 5. The molecular weight excluding hydrogens is 503 g/mol. The number of amides is 1. The van der Waals surface area contributed by atoms with Crippen LogP contribution in [0.25, 0.3) is 17.2 Å². The number of nitrogens with zero attached hydrogens (tertiary/aromatic N) is 8. The first-order chi connectivity index (χ1) is 18.8. The van der Waals surface area contributed by atoms with Gasteiger partial charge in [0.15, 0.2) is 5.82 Å². The van der Waals surface area contributed by atoms with Gasteiger partial charge in [-0.15, -0.1) is 5.10 Å². The van der Waals surface area contributed by atoms with Crippen molar-refractivity contribution in [2.75, 3.05) is 58.4 Å². The van der Waals surface area contributed by atoms with Gasteiger partial charge < -0.3 is 24.2 Å². The fraction of sp³-hybridized carbons (Fsp3) is 0.519. The first kappa shape index (κ1) is 25.8. The maximum Gasteiger partial charge on any atom is 0.233 e. The highest BCUT2D eigenvalue weighted by molar-refractivity contribution is 5.83. The molecule has 4 heterocycles. The van der Waals surface area contributed by atoms with Crippen molar-refractivity contribution in [2.45, 2.75) is 32.1 Å². The normalized spacial score (nSPS) is 24.1. The van der Waals surface area contributed by atoms with Gasteiger partial charge in [0.2, 0.25) is 24.0 Å². The monoisotopic (exact) mass is 536 g/mol.